The van der Waals surface area contributed by atoms with E-state index in [9.17, 15) is 21.6 Å². The van der Waals surface area contributed by atoms with E-state index in [-0.39, 0.29) is 46.4 Å². The molecule has 1 aliphatic heterocycles. The van der Waals surface area contributed by atoms with Gasteiger partial charge in [-0.1, -0.05) is 35.9 Å². The molecule has 2 N–H and O–H groups in total. The highest BCUT2D eigenvalue weighted by molar-refractivity contribution is 7.93. The molecule has 2 heterocycles. The Bertz CT molecular complexity index is 1420. The van der Waals surface area contributed by atoms with Crippen LogP contribution in [0.15, 0.2) is 63.3 Å². The van der Waals surface area contributed by atoms with Crippen molar-refractivity contribution >= 4 is 48.3 Å². The maximum atomic E-state index is 13.7. The largest absolute Gasteiger partial charge is 0.465 e. The molecule has 3 aromatic rings. The predicted octanol–water partition coefficient (Wildman–Crippen LogP) is 2.18. The van der Waals surface area contributed by atoms with E-state index < -0.39 is 36.9 Å². The van der Waals surface area contributed by atoms with Gasteiger partial charge in [0, 0.05) is 35.6 Å². The summed E-state index contributed by atoms with van der Waals surface area (Å²) in [6.45, 7) is 1.90. The van der Waals surface area contributed by atoms with Gasteiger partial charge in [-0.05, 0) is 31.2 Å². The number of aromatic amines is 1. The number of halogens is 1. The Balaban J connectivity index is 1.85. The standard InChI is InChI=1S/C21H22ClN3O6S2/c1-2-31-21(26)18-13-25(11-10-23-18)33(29,30)20-19(16-8-3-4-9-17(16)24-20)32(27,28)15-7-5-6-14(22)12-15/h3-9,12,18,23-24H,2,10-11,13H2,1H3. The number of rotatable bonds is 6. The molecule has 33 heavy (non-hydrogen) atoms. The van der Waals surface area contributed by atoms with Crippen LogP contribution in [0.4, 0.5) is 0 Å². The lowest BCUT2D eigenvalue weighted by Gasteiger charge is -2.31. The minimum Gasteiger partial charge on any atom is -0.465 e. The van der Waals surface area contributed by atoms with Crippen LogP contribution in [0.3, 0.4) is 0 Å². The number of fused-ring (bicyclic) bond motifs is 1. The van der Waals surface area contributed by atoms with Gasteiger partial charge in [-0.25, -0.2) is 16.8 Å². The zero-order valence-electron chi connectivity index (χ0n) is 17.6. The molecule has 4 rings (SSSR count). The second-order valence-electron chi connectivity index (χ2n) is 7.41. The molecule has 1 unspecified atom stereocenters. The number of carbonyl (C=O) groups excluding carboxylic acids is 1. The quantitative estimate of drug-likeness (QED) is 0.486. The van der Waals surface area contributed by atoms with Crippen molar-refractivity contribution in [3.63, 3.8) is 0 Å². The molecule has 0 bridgehead atoms. The zero-order chi connectivity index (χ0) is 23.8. The summed E-state index contributed by atoms with van der Waals surface area (Å²) in [6.07, 6.45) is 0. The fraction of sp³-hybridized carbons (Fsp3) is 0.286. The van der Waals surface area contributed by atoms with Gasteiger partial charge in [-0.3, -0.25) is 4.79 Å². The molecule has 0 radical (unpaired) electrons. The molecule has 12 heteroatoms. The highest BCUT2D eigenvalue weighted by atomic mass is 35.5. The molecule has 1 saturated heterocycles. The van der Waals surface area contributed by atoms with E-state index in [1.165, 1.54) is 24.3 Å². The number of ether oxygens (including phenoxy) is 1. The lowest BCUT2D eigenvalue weighted by atomic mass is 10.2. The number of nitrogens with one attached hydrogen (secondary N) is 2. The average Bonchev–Trinajstić information content (AvgIpc) is 3.21. The van der Waals surface area contributed by atoms with Crippen molar-refractivity contribution in [2.45, 2.75) is 27.8 Å². The Morgan fingerprint density at radius 3 is 2.64 bits per heavy atom. The van der Waals surface area contributed by atoms with Crippen molar-refractivity contribution in [2.75, 3.05) is 26.2 Å². The molecule has 1 aromatic heterocycles. The van der Waals surface area contributed by atoms with Gasteiger partial charge in [0.05, 0.1) is 11.5 Å². The number of sulfone groups is 1. The highest BCUT2D eigenvalue weighted by Gasteiger charge is 2.39. The van der Waals surface area contributed by atoms with E-state index in [4.69, 9.17) is 16.3 Å². The van der Waals surface area contributed by atoms with Crippen LogP contribution in [0, 0.1) is 0 Å². The first-order chi connectivity index (χ1) is 15.7. The summed E-state index contributed by atoms with van der Waals surface area (Å²) < 4.78 is 60.7. The molecule has 1 atom stereocenters. The van der Waals surface area contributed by atoms with Gasteiger partial charge >= 0.3 is 5.97 Å². The average molecular weight is 512 g/mol. The molecule has 1 aliphatic rings. The Morgan fingerprint density at radius 2 is 1.91 bits per heavy atom. The zero-order valence-corrected chi connectivity index (χ0v) is 20.0. The van der Waals surface area contributed by atoms with Crippen molar-refractivity contribution in [1.82, 2.24) is 14.6 Å². The fourth-order valence-electron chi connectivity index (χ4n) is 3.76. The van der Waals surface area contributed by atoms with Gasteiger partial charge in [-0.2, -0.15) is 4.31 Å². The number of H-pyrrole nitrogens is 1. The minimum absolute atomic E-state index is 0.0598. The lowest BCUT2D eigenvalue weighted by Crippen LogP contribution is -2.56. The number of carbonyl (C=O) groups is 1. The normalized spacial score (nSPS) is 17.8. The topological polar surface area (TPSA) is 126 Å². The summed E-state index contributed by atoms with van der Waals surface area (Å²) in [6, 6.07) is 11.2. The van der Waals surface area contributed by atoms with E-state index >= 15 is 0 Å². The van der Waals surface area contributed by atoms with Gasteiger partial charge in [0.2, 0.25) is 9.84 Å². The summed E-state index contributed by atoms with van der Waals surface area (Å²) in [5, 5.41) is 2.94. The van der Waals surface area contributed by atoms with Gasteiger partial charge in [-0.15, -0.1) is 0 Å². The maximum absolute atomic E-state index is 13.7. The van der Waals surface area contributed by atoms with E-state index in [0.717, 1.165) is 4.31 Å². The smallest absolute Gasteiger partial charge is 0.324 e. The maximum Gasteiger partial charge on any atom is 0.324 e. The first-order valence-corrected chi connectivity index (χ1v) is 13.5. The van der Waals surface area contributed by atoms with Crippen LogP contribution in [0.1, 0.15) is 6.92 Å². The van der Waals surface area contributed by atoms with Gasteiger partial charge in [0.15, 0.2) is 5.03 Å². The van der Waals surface area contributed by atoms with Crippen LogP contribution in [-0.2, 0) is 29.4 Å². The Labute approximate surface area is 196 Å². The molecule has 0 amide bonds. The lowest BCUT2D eigenvalue weighted by molar-refractivity contribution is -0.146. The molecule has 0 spiro atoms. The molecular formula is C21H22ClN3O6S2. The second-order valence-corrected chi connectivity index (χ2v) is 11.6. The van der Waals surface area contributed by atoms with Crippen molar-refractivity contribution in [3.05, 3.63) is 53.6 Å². The first-order valence-electron chi connectivity index (χ1n) is 10.2. The summed E-state index contributed by atoms with van der Waals surface area (Å²) in [5.41, 5.74) is 0.355. The minimum atomic E-state index is -4.32. The van der Waals surface area contributed by atoms with Crippen molar-refractivity contribution in [1.29, 1.82) is 0 Å². The number of piperazine rings is 1. The van der Waals surface area contributed by atoms with Crippen molar-refractivity contribution in [3.8, 4) is 0 Å². The summed E-state index contributed by atoms with van der Waals surface area (Å²) >= 11 is 6.00. The summed E-state index contributed by atoms with van der Waals surface area (Å²) in [4.78, 5) is 14.5. The third kappa shape index (κ3) is 4.38. The number of nitrogens with zero attached hydrogens (tertiary/aromatic N) is 1. The van der Waals surface area contributed by atoms with E-state index in [0.29, 0.717) is 5.52 Å². The van der Waals surface area contributed by atoms with Crippen molar-refractivity contribution in [2.24, 2.45) is 0 Å². The van der Waals surface area contributed by atoms with Crippen LogP contribution in [-0.4, -0.2) is 64.4 Å². The number of para-hydroxylation sites is 1. The van der Waals surface area contributed by atoms with Gasteiger partial charge in [0.25, 0.3) is 10.0 Å². The number of hydrogen-bond donors (Lipinski definition) is 2. The second kappa shape index (κ2) is 9.07. The number of sulfonamides is 1. The van der Waals surface area contributed by atoms with E-state index in [1.807, 2.05) is 0 Å². The first kappa shape index (κ1) is 23.7. The Morgan fingerprint density at radius 1 is 1.15 bits per heavy atom. The van der Waals surface area contributed by atoms with Crippen LogP contribution in [0.5, 0.6) is 0 Å². The van der Waals surface area contributed by atoms with Crippen LogP contribution >= 0.6 is 11.6 Å². The molecule has 2 aromatic carbocycles. The summed E-state index contributed by atoms with van der Waals surface area (Å²) in [5.74, 6) is -0.569. The van der Waals surface area contributed by atoms with Crippen LogP contribution < -0.4 is 5.32 Å². The third-order valence-electron chi connectivity index (χ3n) is 5.31. The van der Waals surface area contributed by atoms with Crippen LogP contribution in [0.2, 0.25) is 5.02 Å². The number of esters is 1. The fourth-order valence-corrected chi connectivity index (χ4v) is 7.72. The molecule has 0 aliphatic carbocycles. The molecular weight excluding hydrogens is 490 g/mol. The molecule has 9 nitrogen and oxygen atoms in total. The van der Waals surface area contributed by atoms with Gasteiger partial charge in [0.1, 0.15) is 10.9 Å². The van der Waals surface area contributed by atoms with Crippen molar-refractivity contribution < 1.29 is 26.4 Å². The Hall–Kier alpha value is -2.44. The molecule has 176 valence electrons. The summed E-state index contributed by atoms with van der Waals surface area (Å²) in [7, 11) is -8.58. The van der Waals surface area contributed by atoms with E-state index in [1.54, 1.807) is 31.2 Å². The SMILES string of the molecule is CCOC(=O)C1CN(S(=O)(=O)c2[nH]c3ccccc3c2S(=O)(=O)c2cccc(Cl)c2)CCN1. The number of hydrogen-bond acceptors (Lipinski definition) is 7. The monoisotopic (exact) mass is 511 g/mol. The predicted molar refractivity (Wildman–Crippen MR) is 122 cm³/mol. The molecule has 1 fully saturated rings. The number of aromatic nitrogens is 1. The molecule has 0 saturated carbocycles. The van der Waals surface area contributed by atoms with Gasteiger partial charge < -0.3 is 15.0 Å². The number of benzene rings is 2. The van der Waals surface area contributed by atoms with Crippen LogP contribution in [0.25, 0.3) is 10.9 Å². The third-order valence-corrected chi connectivity index (χ3v) is 9.34. The Kier molecular flexibility index (Phi) is 6.52. The highest BCUT2D eigenvalue weighted by Crippen LogP contribution is 2.36. The van der Waals surface area contributed by atoms with E-state index in [2.05, 4.69) is 10.3 Å².